The Hall–Kier alpha value is -2.19. The molecule has 108 valence electrons. The average molecular weight is 281 g/mol. The molecule has 1 aromatic rings. The Morgan fingerprint density at radius 3 is 2.95 bits per heavy atom. The Kier molecular flexibility index (Phi) is 4.16. The van der Waals surface area contributed by atoms with Gasteiger partial charge in [-0.3, -0.25) is 14.9 Å². The third kappa shape index (κ3) is 2.86. The summed E-state index contributed by atoms with van der Waals surface area (Å²) in [6.45, 7) is 1.50. The maximum atomic E-state index is 12.2. The lowest BCUT2D eigenvalue weighted by molar-refractivity contribution is -0.385. The van der Waals surface area contributed by atoms with E-state index in [0.717, 1.165) is 12.1 Å². The van der Waals surface area contributed by atoms with Crippen molar-refractivity contribution in [2.24, 2.45) is 5.73 Å². The van der Waals surface area contributed by atoms with Crippen LogP contribution in [-0.4, -0.2) is 53.2 Å². The summed E-state index contributed by atoms with van der Waals surface area (Å²) in [7, 11) is 0. The number of benzene rings is 1. The Morgan fingerprint density at radius 1 is 1.60 bits per heavy atom. The maximum Gasteiger partial charge on any atom is 0.310 e. The van der Waals surface area contributed by atoms with Crippen molar-refractivity contribution in [2.45, 2.75) is 6.10 Å². The highest BCUT2D eigenvalue weighted by Gasteiger charge is 2.25. The zero-order valence-electron chi connectivity index (χ0n) is 10.7. The SMILES string of the molecule is NCC1CN(C(=O)c2ccc([N+](=O)[O-])c(O)c2)CCO1. The van der Waals surface area contributed by atoms with Crippen LogP contribution in [0.25, 0.3) is 0 Å². The quantitative estimate of drug-likeness (QED) is 0.599. The van der Waals surface area contributed by atoms with Gasteiger partial charge in [0.1, 0.15) is 0 Å². The summed E-state index contributed by atoms with van der Waals surface area (Å²) >= 11 is 0. The van der Waals surface area contributed by atoms with Gasteiger partial charge in [-0.2, -0.15) is 0 Å². The van der Waals surface area contributed by atoms with Crippen LogP contribution in [0.15, 0.2) is 18.2 Å². The molecule has 0 aliphatic carbocycles. The largest absolute Gasteiger partial charge is 0.502 e. The number of amides is 1. The number of nitrogens with zero attached hydrogens (tertiary/aromatic N) is 2. The summed E-state index contributed by atoms with van der Waals surface area (Å²) in [4.78, 5) is 23.7. The van der Waals surface area contributed by atoms with E-state index in [1.54, 1.807) is 4.90 Å². The number of morpholine rings is 1. The third-order valence-corrected chi connectivity index (χ3v) is 3.11. The van der Waals surface area contributed by atoms with E-state index < -0.39 is 16.4 Å². The minimum absolute atomic E-state index is 0.200. The summed E-state index contributed by atoms with van der Waals surface area (Å²) in [5, 5.41) is 20.2. The van der Waals surface area contributed by atoms with Gasteiger partial charge in [-0.1, -0.05) is 0 Å². The number of aromatic hydroxyl groups is 1. The number of ether oxygens (including phenoxy) is 1. The Balaban J connectivity index is 2.17. The number of carbonyl (C=O) groups excluding carboxylic acids is 1. The van der Waals surface area contributed by atoms with Gasteiger partial charge in [-0.15, -0.1) is 0 Å². The van der Waals surface area contributed by atoms with E-state index in [1.807, 2.05) is 0 Å². The zero-order chi connectivity index (χ0) is 14.7. The first-order valence-electron chi connectivity index (χ1n) is 6.11. The van der Waals surface area contributed by atoms with Crippen molar-refractivity contribution in [2.75, 3.05) is 26.2 Å². The highest BCUT2D eigenvalue weighted by atomic mass is 16.6. The standard InChI is InChI=1S/C12H15N3O5/c13-6-9-7-14(3-4-20-9)12(17)8-1-2-10(15(18)19)11(16)5-8/h1-2,5,9,16H,3-4,6-7,13H2. The van der Waals surface area contributed by atoms with Crippen molar-refractivity contribution >= 4 is 11.6 Å². The number of hydrogen-bond acceptors (Lipinski definition) is 6. The molecule has 20 heavy (non-hydrogen) atoms. The fourth-order valence-electron chi connectivity index (χ4n) is 2.04. The van der Waals surface area contributed by atoms with Gasteiger partial charge in [0.25, 0.3) is 5.91 Å². The highest BCUT2D eigenvalue weighted by Crippen LogP contribution is 2.27. The molecular formula is C12H15N3O5. The summed E-state index contributed by atoms with van der Waals surface area (Å²) in [6, 6.07) is 3.55. The lowest BCUT2D eigenvalue weighted by Gasteiger charge is -2.32. The molecule has 1 aliphatic heterocycles. The smallest absolute Gasteiger partial charge is 0.310 e. The first-order valence-corrected chi connectivity index (χ1v) is 6.11. The van der Waals surface area contributed by atoms with Crippen LogP contribution in [-0.2, 0) is 4.74 Å². The molecule has 0 spiro atoms. The second-order valence-electron chi connectivity index (χ2n) is 4.44. The zero-order valence-corrected chi connectivity index (χ0v) is 10.7. The van der Waals surface area contributed by atoms with Gasteiger partial charge in [0.15, 0.2) is 5.75 Å². The molecule has 8 heteroatoms. The Morgan fingerprint density at radius 2 is 2.35 bits per heavy atom. The van der Waals surface area contributed by atoms with Gasteiger partial charge in [0.05, 0.1) is 17.6 Å². The molecule has 0 saturated carbocycles. The fraction of sp³-hybridized carbons (Fsp3) is 0.417. The molecule has 1 aromatic carbocycles. The van der Waals surface area contributed by atoms with Crippen LogP contribution in [0.1, 0.15) is 10.4 Å². The number of rotatable bonds is 3. The molecule has 0 bridgehead atoms. The molecule has 1 heterocycles. The molecule has 2 rings (SSSR count). The van der Waals surface area contributed by atoms with Gasteiger partial charge in [0.2, 0.25) is 0 Å². The molecule has 1 unspecified atom stereocenters. The predicted octanol–water partition coefficient (Wildman–Crippen LogP) is 0.100. The summed E-state index contributed by atoms with van der Waals surface area (Å²) < 4.78 is 5.36. The van der Waals surface area contributed by atoms with Crippen LogP contribution in [0.2, 0.25) is 0 Å². The van der Waals surface area contributed by atoms with Gasteiger partial charge in [-0.25, -0.2) is 0 Å². The molecular weight excluding hydrogens is 266 g/mol. The van der Waals surface area contributed by atoms with E-state index >= 15 is 0 Å². The molecule has 8 nitrogen and oxygen atoms in total. The topological polar surface area (TPSA) is 119 Å². The van der Waals surface area contributed by atoms with Crippen molar-refractivity contribution in [3.63, 3.8) is 0 Å². The van der Waals surface area contributed by atoms with Crippen LogP contribution in [0.4, 0.5) is 5.69 Å². The summed E-state index contributed by atoms with van der Waals surface area (Å²) in [5.74, 6) is -0.832. The van der Waals surface area contributed by atoms with Crippen LogP contribution >= 0.6 is 0 Å². The van der Waals surface area contributed by atoms with Gasteiger partial charge < -0.3 is 20.5 Å². The van der Waals surface area contributed by atoms with Crippen LogP contribution in [0.3, 0.4) is 0 Å². The lowest BCUT2D eigenvalue weighted by atomic mass is 10.1. The molecule has 3 N–H and O–H groups in total. The minimum Gasteiger partial charge on any atom is -0.502 e. The lowest BCUT2D eigenvalue weighted by Crippen LogP contribution is -2.48. The molecule has 0 aromatic heterocycles. The Bertz CT molecular complexity index is 534. The van der Waals surface area contributed by atoms with Crippen molar-refractivity contribution in [3.8, 4) is 5.75 Å². The molecule has 1 atom stereocenters. The number of hydrogen-bond donors (Lipinski definition) is 2. The number of phenols is 1. The first kappa shape index (κ1) is 14.2. The number of nitro groups is 1. The first-order chi connectivity index (χ1) is 9.52. The summed E-state index contributed by atoms with van der Waals surface area (Å²) in [6.07, 6.45) is -0.209. The molecule has 1 aliphatic rings. The molecule has 1 amide bonds. The molecule has 0 radical (unpaired) electrons. The van der Waals surface area contributed by atoms with Crippen molar-refractivity contribution in [1.82, 2.24) is 4.90 Å². The number of nitrogens with two attached hydrogens (primary N) is 1. The number of phenolic OH excluding ortho intramolecular Hbond substituents is 1. The maximum absolute atomic E-state index is 12.2. The van der Waals surface area contributed by atoms with Crippen LogP contribution in [0, 0.1) is 10.1 Å². The van der Waals surface area contributed by atoms with E-state index in [9.17, 15) is 20.0 Å². The van der Waals surface area contributed by atoms with E-state index in [0.29, 0.717) is 26.2 Å². The number of nitro benzene ring substituents is 1. The Labute approximate surface area is 114 Å². The van der Waals surface area contributed by atoms with Crippen molar-refractivity contribution in [3.05, 3.63) is 33.9 Å². The van der Waals surface area contributed by atoms with Crippen LogP contribution < -0.4 is 5.73 Å². The third-order valence-electron chi connectivity index (χ3n) is 3.11. The predicted molar refractivity (Wildman–Crippen MR) is 69.5 cm³/mol. The van der Waals surface area contributed by atoms with Crippen molar-refractivity contribution < 1.29 is 19.6 Å². The molecule has 1 saturated heterocycles. The number of carbonyl (C=O) groups is 1. The van der Waals surface area contributed by atoms with E-state index in [2.05, 4.69) is 0 Å². The monoisotopic (exact) mass is 281 g/mol. The highest BCUT2D eigenvalue weighted by molar-refractivity contribution is 5.95. The summed E-state index contributed by atoms with van der Waals surface area (Å²) in [5.41, 5.74) is 5.28. The van der Waals surface area contributed by atoms with E-state index in [-0.39, 0.29) is 17.6 Å². The molecule has 1 fully saturated rings. The van der Waals surface area contributed by atoms with E-state index in [1.165, 1.54) is 6.07 Å². The van der Waals surface area contributed by atoms with E-state index in [4.69, 9.17) is 10.5 Å². The minimum atomic E-state index is -0.706. The van der Waals surface area contributed by atoms with Gasteiger partial charge in [-0.05, 0) is 12.1 Å². The second kappa shape index (κ2) is 5.85. The van der Waals surface area contributed by atoms with Crippen molar-refractivity contribution in [1.29, 1.82) is 0 Å². The fourth-order valence-corrected chi connectivity index (χ4v) is 2.04. The second-order valence-corrected chi connectivity index (χ2v) is 4.44. The van der Waals surface area contributed by atoms with Gasteiger partial charge in [0, 0.05) is 31.3 Å². The van der Waals surface area contributed by atoms with Gasteiger partial charge >= 0.3 is 5.69 Å². The van der Waals surface area contributed by atoms with Crippen LogP contribution in [0.5, 0.6) is 5.75 Å². The normalized spacial score (nSPS) is 18.9. The average Bonchev–Trinajstić information content (AvgIpc) is 2.46.